The average Bonchev–Trinajstić information content (AvgIpc) is 3.04. The Hall–Kier alpha value is -2.10. The van der Waals surface area contributed by atoms with E-state index in [2.05, 4.69) is 39.4 Å². The molecule has 2 aliphatic heterocycles. The minimum Gasteiger partial charge on any atom is -0.493 e. The summed E-state index contributed by atoms with van der Waals surface area (Å²) in [5.41, 5.74) is 3.66. The predicted molar refractivity (Wildman–Crippen MR) is 90.9 cm³/mol. The van der Waals surface area contributed by atoms with Gasteiger partial charge in [-0.3, -0.25) is 0 Å². The van der Waals surface area contributed by atoms with Crippen molar-refractivity contribution in [3.8, 4) is 5.75 Å². The summed E-state index contributed by atoms with van der Waals surface area (Å²) in [6, 6.07) is 10.6. The minimum absolute atomic E-state index is 0.571. The Morgan fingerprint density at radius 3 is 2.96 bits per heavy atom. The van der Waals surface area contributed by atoms with Crippen LogP contribution in [-0.2, 0) is 12.8 Å². The highest BCUT2D eigenvalue weighted by Gasteiger charge is 2.19. The van der Waals surface area contributed by atoms with E-state index in [1.54, 1.807) is 0 Å². The van der Waals surface area contributed by atoms with Gasteiger partial charge in [-0.1, -0.05) is 18.2 Å². The van der Waals surface area contributed by atoms with Crippen molar-refractivity contribution in [3.05, 3.63) is 47.8 Å². The largest absolute Gasteiger partial charge is 0.493 e. The SMILES string of the molecule is c1ccc2c(c1)C[C@H](Cc1cc(N3CCCC3)cnn1)CCO2. The first kappa shape index (κ1) is 14.5. The predicted octanol–water partition coefficient (Wildman–Crippen LogP) is 3.26. The fraction of sp³-hybridized carbons (Fsp3) is 0.474. The first-order valence-electron chi connectivity index (χ1n) is 8.66. The van der Waals surface area contributed by atoms with E-state index in [0.29, 0.717) is 5.92 Å². The van der Waals surface area contributed by atoms with E-state index in [-0.39, 0.29) is 0 Å². The molecule has 0 spiro atoms. The summed E-state index contributed by atoms with van der Waals surface area (Å²) in [6.07, 6.45) is 7.59. The Morgan fingerprint density at radius 2 is 2.04 bits per heavy atom. The lowest BCUT2D eigenvalue weighted by atomic mass is 9.92. The van der Waals surface area contributed by atoms with Gasteiger partial charge >= 0.3 is 0 Å². The summed E-state index contributed by atoms with van der Waals surface area (Å²) in [7, 11) is 0. The zero-order valence-electron chi connectivity index (χ0n) is 13.4. The molecule has 0 aliphatic carbocycles. The number of hydrogen-bond acceptors (Lipinski definition) is 4. The molecule has 23 heavy (non-hydrogen) atoms. The fourth-order valence-corrected chi connectivity index (χ4v) is 3.68. The van der Waals surface area contributed by atoms with Crippen LogP contribution >= 0.6 is 0 Å². The summed E-state index contributed by atoms with van der Waals surface area (Å²) in [4.78, 5) is 2.42. The zero-order chi connectivity index (χ0) is 15.5. The number of benzene rings is 1. The van der Waals surface area contributed by atoms with Gasteiger partial charge in [-0.05, 0) is 55.7 Å². The van der Waals surface area contributed by atoms with Gasteiger partial charge in [0.2, 0.25) is 0 Å². The second-order valence-electron chi connectivity index (χ2n) is 6.62. The van der Waals surface area contributed by atoms with Crippen LogP contribution in [0.25, 0.3) is 0 Å². The number of rotatable bonds is 3. The number of hydrogen-bond donors (Lipinski definition) is 0. The maximum atomic E-state index is 5.88. The Morgan fingerprint density at radius 1 is 1.17 bits per heavy atom. The van der Waals surface area contributed by atoms with E-state index < -0.39 is 0 Å². The molecular formula is C19H23N3O. The first-order valence-corrected chi connectivity index (χ1v) is 8.66. The first-order chi connectivity index (χ1) is 11.4. The molecule has 1 fully saturated rings. The molecule has 3 heterocycles. The van der Waals surface area contributed by atoms with E-state index in [4.69, 9.17) is 4.74 Å². The lowest BCUT2D eigenvalue weighted by molar-refractivity contribution is 0.293. The summed E-state index contributed by atoms with van der Waals surface area (Å²) in [6.45, 7) is 3.09. The summed E-state index contributed by atoms with van der Waals surface area (Å²) < 4.78 is 5.88. The molecule has 1 aromatic heterocycles. The maximum absolute atomic E-state index is 5.88. The van der Waals surface area contributed by atoms with Crippen LogP contribution in [0.4, 0.5) is 5.69 Å². The molecule has 0 bridgehead atoms. The molecule has 2 aromatic rings. The van der Waals surface area contributed by atoms with Gasteiger partial charge in [0.1, 0.15) is 5.75 Å². The van der Waals surface area contributed by atoms with Gasteiger partial charge < -0.3 is 9.64 Å². The molecule has 4 rings (SSSR count). The quantitative estimate of drug-likeness (QED) is 0.872. The van der Waals surface area contributed by atoms with Crippen LogP contribution in [0.3, 0.4) is 0 Å². The van der Waals surface area contributed by atoms with E-state index in [9.17, 15) is 0 Å². The van der Waals surface area contributed by atoms with Gasteiger partial charge in [0.15, 0.2) is 0 Å². The van der Waals surface area contributed by atoms with Crippen molar-refractivity contribution < 1.29 is 4.74 Å². The highest BCUT2D eigenvalue weighted by atomic mass is 16.5. The van der Waals surface area contributed by atoms with Crippen molar-refractivity contribution in [3.63, 3.8) is 0 Å². The highest BCUT2D eigenvalue weighted by molar-refractivity contribution is 5.45. The van der Waals surface area contributed by atoms with Crippen molar-refractivity contribution in [1.29, 1.82) is 0 Å². The number of para-hydroxylation sites is 1. The summed E-state index contributed by atoms with van der Waals surface area (Å²) >= 11 is 0. The third-order valence-corrected chi connectivity index (χ3v) is 4.92. The molecule has 120 valence electrons. The lowest BCUT2D eigenvalue weighted by Gasteiger charge is -2.18. The van der Waals surface area contributed by atoms with E-state index in [1.165, 1.54) is 24.1 Å². The van der Waals surface area contributed by atoms with Gasteiger partial charge in [0, 0.05) is 13.1 Å². The monoisotopic (exact) mass is 309 g/mol. The molecule has 0 unspecified atom stereocenters. The molecule has 0 saturated carbocycles. The Kier molecular flexibility index (Phi) is 4.14. The summed E-state index contributed by atoms with van der Waals surface area (Å²) in [5, 5.41) is 8.61. The van der Waals surface area contributed by atoms with Gasteiger partial charge in [-0.15, -0.1) is 0 Å². The smallest absolute Gasteiger partial charge is 0.122 e. The second kappa shape index (κ2) is 6.57. The minimum atomic E-state index is 0.571. The number of nitrogens with zero attached hydrogens (tertiary/aromatic N) is 3. The molecule has 0 N–H and O–H groups in total. The third kappa shape index (κ3) is 3.31. The Balaban J connectivity index is 1.48. The topological polar surface area (TPSA) is 38.2 Å². The number of fused-ring (bicyclic) bond motifs is 1. The van der Waals surface area contributed by atoms with Crippen LogP contribution in [-0.4, -0.2) is 29.9 Å². The standard InChI is InChI=1S/C19H23N3O/c1-2-6-19-16(5-1)11-15(7-10-23-19)12-17-13-18(14-20-21-17)22-8-3-4-9-22/h1-2,5-6,13-15H,3-4,7-12H2/t15-/m1/s1. The van der Waals surface area contributed by atoms with E-state index in [1.807, 2.05) is 12.3 Å². The van der Waals surface area contributed by atoms with Crippen molar-refractivity contribution in [1.82, 2.24) is 10.2 Å². The Labute approximate surface area is 137 Å². The fourth-order valence-electron chi connectivity index (χ4n) is 3.68. The van der Waals surface area contributed by atoms with Crippen LogP contribution in [0.5, 0.6) is 5.75 Å². The van der Waals surface area contributed by atoms with Crippen molar-refractivity contribution in [2.24, 2.45) is 5.92 Å². The normalized spacial score (nSPS) is 20.7. The maximum Gasteiger partial charge on any atom is 0.122 e. The van der Waals surface area contributed by atoms with Gasteiger partial charge in [-0.2, -0.15) is 10.2 Å². The molecule has 1 aromatic carbocycles. The molecule has 1 saturated heterocycles. The third-order valence-electron chi connectivity index (χ3n) is 4.92. The number of aromatic nitrogens is 2. The van der Waals surface area contributed by atoms with E-state index in [0.717, 1.165) is 50.4 Å². The number of ether oxygens (including phenoxy) is 1. The van der Waals surface area contributed by atoms with Crippen molar-refractivity contribution in [2.45, 2.75) is 32.1 Å². The molecule has 0 amide bonds. The van der Waals surface area contributed by atoms with Crippen LogP contribution in [0.2, 0.25) is 0 Å². The lowest BCUT2D eigenvalue weighted by Crippen LogP contribution is -2.19. The molecular weight excluding hydrogens is 286 g/mol. The van der Waals surface area contributed by atoms with Crippen LogP contribution < -0.4 is 9.64 Å². The van der Waals surface area contributed by atoms with Gasteiger partial charge in [0.05, 0.1) is 24.2 Å². The highest BCUT2D eigenvalue weighted by Crippen LogP contribution is 2.28. The summed E-state index contributed by atoms with van der Waals surface area (Å²) in [5.74, 6) is 1.62. The number of anilines is 1. The molecule has 0 radical (unpaired) electrons. The van der Waals surface area contributed by atoms with E-state index >= 15 is 0 Å². The van der Waals surface area contributed by atoms with Gasteiger partial charge in [0.25, 0.3) is 0 Å². The van der Waals surface area contributed by atoms with Crippen LogP contribution in [0.1, 0.15) is 30.5 Å². The average molecular weight is 309 g/mol. The molecule has 4 heteroatoms. The Bertz CT molecular complexity index is 667. The van der Waals surface area contributed by atoms with Crippen molar-refractivity contribution >= 4 is 5.69 Å². The molecule has 4 nitrogen and oxygen atoms in total. The van der Waals surface area contributed by atoms with Crippen LogP contribution in [0.15, 0.2) is 36.5 Å². The van der Waals surface area contributed by atoms with Crippen molar-refractivity contribution in [2.75, 3.05) is 24.6 Å². The van der Waals surface area contributed by atoms with Crippen LogP contribution in [0, 0.1) is 5.92 Å². The second-order valence-corrected chi connectivity index (χ2v) is 6.62. The zero-order valence-corrected chi connectivity index (χ0v) is 13.4. The molecule has 2 aliphatic rings. The van der Waals surface area contributed by atoms with Gasteiger partial charge in [-0.25, -0.2) is 0 Å². The molecule has 1 atom stereocenters.